The molecule has 0 fully saturated rings. The molecule has 2 aliphatic heterocycles. The summed E-state index contributed by atoms with van der Waals surface area (Å²) in [6.45, 7) is 2.09. The number of rotatable bonds is 15. The van der Waals surface area contributed by atoms with Gasteiger partial charge in [0.25, 0.3) is 11.8 Å². The van der Waals surface area contributed by atoms with Gasteiger partial charge < -0.3 is 39.4 Å². The Morgan fingerprint density at radius 3 is 1.42 bits per heavy atom. The van der Waals surface area contributed by atoms with Crippen molar-refractivity contribution in [2.24, 2.45) is 0 Å². The lowest BCUT2D eigenvalue weighted by atomic mass is 9.96. The average Bonchev–Trinajstić information content (AvgIpc) is 3.72. The monoisotopic (exact) mass is 1050 g/mol. The molecule has 22 heteroatoms. The molecule has 2 amide bonds. The summed E-state index contributed by atoms with van der Waals surface area (Å²) >= 11 is 12.8. The molecule has 0 radical (unpaired) electrons. The molecule has 0 spiro atoms. The number of carbonyl (C=O) groups is 4. The Kier molecular flexibility index (Phi) is 15.4. The second-order valence-electron chi connectivity index (χ2n) is 16.1. The van der Waals surface area contributed by atoms with Crippen molar-refractivity contribution < 1.29 is 84.9 Å². The zero-order chi connectivity index (χ0) is 52.6. The van der Waals surface area contributed by atoms with E-state index in [9.17, 15) is 60.8 Å². The number of nitrogens with zero attached hydrogens (tertiary/aromatic N) is 2. The smallest absolute Gasteiger partial charge is 0.422 e. The highest BCUT2D eigenvalue weighted by atomic mass is 35.5. The summed E-state index contributed by atoms with van der Waals surface area (Å²) in [4.78, 5) is 51.7. The Morgan fingerprint density at radius 2 is 1.01 bits per heavy atom. The van der Waals surface area contributed by atoms with Gasteiger partial charge in [-0.1, -0.05) is 90.8 Å². The number of hydrogen-bond acceptors (Lipinski definition) is 10. The van der Waals surface area contributed by atoms with Crippen LogP contribution in [0.15, 0.2) is 84.9 Å². The van der Waals surface area contributed by atoms with Gasteiger partial charge in [0.15, 0.2) is 25.7 Å². The second kappa shape index (κ2) is 21.0. The molecule has 72 heavy (non-hydrogen) atoms. The summed E-state index contributed by atoms with van der Waals surface area (Å²) in [7, 11) is 0. The SMILES string of the molecule is CCOc1c2c(c(OCC(F)(F)F)c3ccccc13)C(=O)N(c1ccc(C(CC)C(=O)O)cc1Cl)C2O.CCOc1c2c(c(OCC(F)(F)F)c3ccccc13)C(O)N(c1ccc(CC(=O)O)cc1Cl)C2=O. The van der Waals surface area contributed by atoms with E-state index in [1.807, 2.05) is 0 Å². The summed E-state index contributed by atoms with van der Waals surface area (Å²) in [5.74, 6) is -4.95. The topological polar surface area (TPSA) is 193 Å². The van der Waals surface area contributed by atoms with Gasteiger partial charge in [-0.05, 0) is 55.7 Å². The van der Waals surface area contributed by atoms with Crippen LogP contribution >= 0.6 is 23.2 Å². The molecular weight excluding hydrogens is 1010 g/mol. The number of aliphatic hydroxyl groups is 2. The molecule has 3 unspecified atom stereocenters. The number of halogens is 8. The number of carboxylic acids is 2. The third kappa shape index (κ3) is 10.3. The zero-order valence-electron chi connectivity index (χ0n) is 38.0. The van der Waals surface area contributed by atoms with Crippen molar-refractivity contribution in [3.63, 3.8) is 0 Å². The number of benzene rings is 6. The van der Waals surface area contributed by atoms with Crippen molar-refractivity contribution >= 4 is 79.9 Å². The number of aliphatic carboxylic acids is 2. The Balaban J connectivity index is 0.000000212. The summed E-state index contributed by atoms with van der Waals surface area (Å²) in [5.41, 5.74) is 0.233. The van der Waals surface area contributed by atoms with Crippen LogP contribution in [0.4, 0.5) is 37.7 Å². The largest absolute Gasteiger partial charge is 0.493 e. The fourth-order valence-corrected chi connectivity index (χ4v) is 9.21. The van der Waals surface area contributed by atoms with E-state index >= 15 is 0 Å². The van der Waals surface area contributed by atoms with Gasteiger partial charge in [0.05, 0.1) is 69.2 Å². The maximum Gasteiger partial charge on any atom is 0.422 e. The Labute approximate surface area is 415 Å². The molecule has 4 N–H and O–H groups in total. The van der Waals surface area contributed by atoms with E-state index in [1.54, 1.807) is 57.2 Å². The van der Waals surface area contributed by atoms with Crippen LogP contribution in [-0.2, 0) is 16.0 Å². The molecule has 0 bridgehead atoms. The third-order valence-corrected chi connectivity index (χ3v) is 12.1. The highest BCUT2D eigenvalue weighted by molar-refractivity contribution is 6.35. The lowest BCUT2D eigenvalue weighted by molar-refractivity contribution is -0.154. The fourth-order valence-electron chi connectivity index (χ4n) is 8.64. The van der Waals surface area contributed by atoms with Gasteiger partial charge in [-0.3, -0.25) is 29.0 Å². The molecule has 0 saturated heterocycles. The standard InChI is InChI=1S/C26H23ClF3NO6.C24H19ClF3NO6/c1-3-14(25(34)35)13-9-10-18(17(27)11-13)31-23(32)19-20(24(31)33)22(37-12-26(28,29)30)16-8-6-5-7-15(16)21(19)36-4-2;1-2-34-20-13-5-3-4-6-14(13)21(35-11-24(26,27)28)19-18(20)22(32)29(23(19)33)16-8-7-12(9-15(16)25)10-17(30)31/h5-11,14,23,32H,3-4,12H2,1-2H3,(H,34,35);3-9,23,33H,2,10-11H2,1H3,(H,30,31). The first-order valence-electron chi connectivity index (χ1n) is 21.9. The van der Waals surface area contributed by atoms with Crippen LogP contribution in [0, 0.1) is 0 Å². The van der Waals surface area contributed by atoms with Gasteiger partial charge in [-0.25, -0.2) is 0 Å². The van der Waals surface area contributed by atoms with Gasteiger partial charge in [0, 0.05) is 21.5 Å². The van der Waals surface area contributed by atoms with Crippen LogP contribution in [0.5, 0.6) is 23.0 Å². The predicted octanol–water partition coefficient (Wildman–Crippen LogP) is 11.2. The lowest BCUT2D eigenvalue weighted by Crippen LogP contribution is -2.28. The molecule has 8 rings (SSSR count). The van der Waals surface area contributed by atoms with Crippen molar-refractivity contribution in [2.45, 2.75) is 64.3 Å². The molecule has 6 aromatic carbocycles. The number of hydrogen-bond donors (Lipinski definition) is 4. The highest BCUT2D eigenvalue weighted by Gasteiger charge is 2.46. The number of aliphatic hydroxyl groups excluding tert-OH is 2. The maximum atomic E-state index is 13.7. The Morgan fingerprint density at radius 1 is 0.611 bits per heavy atom. The quantitative estimate of drug-likeness (QED) is 0.0713. The van der Waals surface area contributed by atoms with Crippen LogP contribution in [0.1, 0.15) is 88.5 Å². The number of anilines is 2. The summed E-state index contributed by atoms with van der Waals surface area (Å²) in [5, 5.41) is 42.1. The van der Waals surface area contributed by atoms with Gasteiger partial charge in [0.2, 0.25) is 0 Å². The molecule has 2 aliphatic rings. The lowest BCUT2D eigenvalue weighted by Gasteiger charge is -2.23. The first-order chi connectivity index (χ1) is 34.0. The molecule has 0 aromatic heterocycles. The summed E-state index contributed by atoms with van der Waals surface area (Å²) in [6, 6.07) is 21.1. The van der Waals surface area contributed by atoms with Crippen molar-refractivity contribution in [1.29, 1.82) is 0 Å². The van der Waals surface area contributed by atoms with Gasteiger partial charge in [0.1, 0.15) is 23.0 Å². The average molecular weight is 1050 g/mol. The van der Waals surface area contributed by atoms with Gasteiger partial charge >= 0.3 is 24.3 Å². The summed E-state index contributed by atoms with van der Waals surface area (Å²) in [6.07, 6.45) is -12.8. The minimum atomic E-state index is -4.67. The van der Waals surface area contributed by atoms with E-state index in [0.29, 0.717) is 28.3 Å². The second-order valence-corrected chi connectivity index (χ2v) is 16.9. The zero-order valence-corrected chi connectivity index (χ0v) is 39.5. The molecular formula is C50H42Cl2F6N2O12. The molecule has 0 saturated carbocycles. The van der Waals surface area contributed by atoms with E-state index in [4.69, 9.17) is 47.3 Å². The number of amides is 2. The number of carboxylic acid groups (broad SMARTS) is 2. The van der Waals surface area contributed by atoms with Gasteiger partial charge in [-0.15, -0.1) is 0 Å². The van der Waals surface area contributed by atoms with Crippen LogP contribution in [0.3, 0.4) is 0 Å². The maximum absolute atomic E-state index is 13.7. The van der Waals surface area contributed by atoms with Gasteiger partial charge in [-0.2, -0.15) is 26.3 Å². The van der Waals surface area contributed by atoms with E-state index in [1.165, 1.54) is 48.5 Å². The number of fused-ring (bicyclic) bond motifs is 4. The van der Waals surface area contributed by atoms with Crippen LogP contribution < -0.4 is 28.7 Å². The molecule has 6 aromatic rings. The molecule has 380 valence electrons. The normalized spacial score (nSPS) is 15.8. The fraction of sp³-hybridized carbons (Fsp3) is 0.280. The molecule has 14 nitrogen and oxygen atoms in total. The minimum Gasteiger partial charge on any atom is -0.493 e. The Bertz CT molecular complexity index is 3110. The van der Waals surface area contributed by atoms with Crippen molar-refractivity contribution in [2.75, 3.05) is 36.2 Å². The van der Waals surface area contributed by atoms with E-state index in [2.05, 4.69) is 0 Å². The molecule has 2 heterocycles. The van der Waals surface area contributed by atoms with E-state index in [-0.39, 0.29) is 97.1 Å². The number of alkyl halides is 6. The van der Waals surface area contributed by atoms with Crippen molar-refractivity contribution in [3.05, 3.63) is 128 Å². The first kappa shape index (κ1) is 52.8. The molecule has 3 atom stereocenters. The first-order valence-corrected chi connectivity index (χ1v) is 22.7. The van der Waals surface area contributed by atoms with Crippen molar-refractivity contribution in [1.82, 2.24) is 0 Å². The predicted molar refractivity (Wildman–Crippen MR) is 252 cm³/mol. The van der Waals surface area contributed by atoms with Crippen LogP contribution in [0.25, 0.3) is 21.5 Å². The highest BCUT2D eigenvalue weighted by Crippen LogP contribution is 2.53. The van der Waals surface area contributed by atoms with E-state index in [0.717, 1.165) is 9.80 Å². The van der Waals surface area contributed by atoms with E-state index < -0.39 is 67.7 Å². The molecule has 0 aliphatic carbocycles. The van der Waals surface area contributed by atoms with Crippen LogP contribution in [-0.4, -0.2) is 83.0 Å². The van der Waals surface area contributed by atoms with Crippen LogP contribution in [0.2, 0.25) is 10.0 Å². The number of ether oxygens (including phenoxy) is 4. The summed E-state index contributed by atoms with van der Waals surface area (Å²) < 4.78 is 100. The number of carbonyl (C=O) groups excluding carboxylic acids is 2. The third-order valence-electron chi connectivity index (χ3n) is 11.5. The Hall–Kier alpha value is -7.00. The minimum absolute atomic E-state index is 0.0160. The van der Waals surface area contributed by atoms with Crippen molar-refractivity contribution in [3.8, 4) is 23.0 Å².